The Balaban J connectivity index is 2.61. The van der Waals surface area contributed by atoms with Crippen molar-refractivity contribution in [2.75, 3.05) is 6.73 Å². The van der Waals surface area contributed by atoms with E-state index in [1.165, 1.54) is 0 Å². The molecular formula is C6H8N2O. The molecule has 1 aromatic rings. The quantitative estimate of drug-likeness (QED) is 0.580. The topological polar surface area (TPSA) is 48.1 Å². The number of nitrogens with zero attached hydrogens (tertiary/aromatic N) is 1. The molecule has 1 aromatic heterocycles. The third-order valence-corrected chi connectivity index (χ3v) is 0.900. The molecule has 3 nitrogen and oxygen atoms in total. The van der Waals surface area contributed by atoms with Crippen LogP contribution in [0, 0.1) is 0 Å². The number of nitrogens with two attached hydrogens (primary N) is 1. The van der Waals surface area contributed by atoms with Crippen molar-refractivity contribution in [3.05, 3.63) is 24.5 Å². The zero-order valence-corrected chi connectivity index (χ0v) is 4.95. The predicted molar refractivity (Wildman–Crippen MR) is 33.9 cm³/mol. The zero-order valence-electron chi connectivity index (χ0n) is 4.95. The van der Waals surface area contributed by atoms with Crippen molar-refractivity contribution in [2.45, 2.75) is 0 Å². The van der Waals surface area contributed by atoms with Crippen LogP contribution in [0.5, 0.6) is 5.75 Å². The van der Waals surface area contributed by atoms with Crippen molar-refractivity contribution in [1.29, 1.82) is 0 Å². The maximum atomic E-state index is 5.12. The fourth-order valence-corrected chi connectivity index (χ4v) is 0.531. The highest BCUT2D eigenvalue weighted by Crippen LogP contribution is 2.04. The van der Waals surface area contributed by atoms with Crippen LogP contribution in [0.2, 0.25) is 0 Å². The number of hydrogen-bond donors (Lipinski definition) is 1. The average Bonchev–Trinajstić information content (AvgIpc) is 1.91. The molecule has 0 aliphatic carbocycles. The molecule has 0 unspecified atom stereocenters. The smallest absolute Gasteiger partial charge is 0.137 e. The van der Waals surface area contributed by atoms with Gasteiger partial charge < -0.3 is 4.74 Å². The Morgan fingerprint density at radius 3 is 2.67 bits per heavy atom. The van der Waals surface area contributed by atoms with Gasteiger partial charge in [-0.1, -0.05) is 0 Å². The van der Waals surface area contributed by atoms with E-state index < -0.39 is 0 Å². The molecular weight excluding hydrogens is 116 g/mol. The lowest BCUT2D eigenvalue weighted by Gasteiger charge is -1.98. The van der Waals surface area contributed by atoms with Gasteiger partial charge in [0, 0.05) is 12.4 Å². The summed E-state index contributed by atoms with van der Waals surface area (Å²) >= 11 is 0. The molecule has 0 atom stereocenters. The summed E-state index contributed by atoms with van der Waals surface area (Å²) < 4.78 is 4.94. The van der Waals surface area contributed by atoms with Crippen LogP contribution in [0.25, 0.3) is 0 Å². The molecule has 0 aromatic carbocycles. The summed E-state index contributed by atoms with van der Waals surface area (Å²) in [5.41, 5.74) is 5.12. The van der Waals surface area contributed by atoms with E-state index in [9.17, 15) is 0 Å². The Morgan fingerprint density at radius 2 is 2.11 bits per heavy atom. The summed E-state index contributed by atoms with van der Waals surface area (Å²) in [7, 11) is 0. The second kappa shape index (κ2) is 3.04. The van der Waals surface area contributed by atoms with Gasteiger partial charge in [-0.15, -0.1) is 0 Å². The van der Waals surface area contributed by atoms with Crippen LogP contribution in [0.15, 0.2) is 24.5 Å². The molecule has 0 radical (unpaired) electrons. The molecule has 0 saturated heterocycles. The predicted octanol–water partition coefficient (Wildman–Crippen LogP) is 0.377. The van der Waals surface area contributed by atoms with Crippen molar-refractivity contribution in [3.8, 4) is 5.75 Å². The Labute approximate surface area is 53.5 Å². The summed E-state index contributed by atoms with van der Waals surface area (Å²) in [5, 5.41) is 0. The molecule has 2 N–H and O–H groups in total. The molecule has 0 fully saturated rings. The minimum Gasteiger partial charge on any atom is -0.478 e. The monoisotopic (exact) mass is 124 g/mol. The molecule has 0 aliphatic rings. The first-order valence-corrected chi connectivity index (χ1v) is 2.66. The highest BCUT2D eigenvalue weighted by molar-refractivity contribution is 5.16. The van der Waals surface area contributed by atoms with Crippen LogP contribution in [-0.2, 0) is 0 Å². The minimum atomic E-state index is 0.212. The maximum Gasteiger partial charge on any atom is 0.137 e. The number of aromatic nitrogens is 1. The highest BCUT2D eigenvalue weighted by atomic mass is 16.5. The minimum absolute atomic E-state index is 0.212. The van der Waals surface area contributed by atoms with E-state index in [1.807, 2.05) is 0 Å². The Kier molecular flexibility index (Phi) is 2.04. The van der Waals surface area contributed by atoms with Gasteiger partial charge in [-0.05, 0) is 12.1 Å². The maximum absolute atomic E-state index is 5.12. The van der Waals surface area contributed by atoms with Crippen molar-refractivity contribution in [2.24, 2.45) is 5.73 Å². The van der Waals surface area contributed by atoms with E-state index in [0.717, 1.165) is 5.75 Å². The summed E-state index contributed by atoms with van der Waals surface area (Å²) in [5.74, 6) is 0.757. The summed E-state index contributed by atoms with van der Waals surface area (Å²) in [6.45, 7) is 0.212. The summed E-state index contributed by atoms with van der Waals surface area (Å²) in [6.07, 6.45) is 3.32. The second-order valence-electron chi connectivity index (χ2n) is 1.49. The van der Waals surface area contributed by atoms with E-state index in [2.05, 4.69) is 4.98 Å². The van der Waals surface area contributed by atoms with Gasteiger partial charge in [0.2, 0.25) is 0 Å². The van der Waals surface area contributed by atoms with E-state index >= 15 is 0 Å². The van der Waals surface area contributed by atoms with Gasteiger partial charge in [-0.25, -0.2) is 0 Å². The van der Waals surface area contributed by atoms with Crippen LogP contribution in [0.3, 0.4) is 0 Å². The molecule has 1 heterocycles. The lowest BCUT2D eigenvalue weighted by Crippen LogP contribution is -2.06. The van der Waals surface area contributed by atoms with Crippen LogP contribution < -0.4 is 10.5 Å². The fourth-order valence-electron chi connectivity index (χ4n) is 0.531. The van der Waals surface area contributed by atoms with Gasteiger partial charge >= 0.3 is 0 Å². The van der Waals surface area contributed by atoms with Crippen LogP contribution in [0.4, 0.5) is 0 Å². The molecule has 48 valence electrons. The van der Waals surface area contributed by atoms with Crippen molar-refractivity contribution < 1.29 is 4.74 Å². The Morgan fingerprint density at radius 1 is 1.44 bits per heavy atom. The van der Waals surface area contributed by atoms with Gasteiger partial charge in [-0.3, -0.25) is 10.7 Å². The lowest BCUT2D eigenvalue weighted by atomic mass is 10.5. The van der Waals surface area contributed by atoms with Crippen LogP contribution in [0.1, 0.15) is 0 Å². The lowest BCUT2D eigenvalue weighted by molar-refractivity contribution is 0.329. The molecule has 9 heavy (non-hydrogen) atoms. The molecule has 0 aliphatic heterocycles. The molecule has 0 bridgehead atoms. The number of rotatable bonds is 2. The van der Waals surface area contributed by atoms with Crippen molar-refractivity contribution in [1.82, 2.24) is 4.98 Å². The van der Waals surface area contributed by atoms with Crippen LogP contribution >= 0.6 is 0 Å². The molecule has 0 amide bonds. The third kappa shape index (κ3) is 1.70. The van der Waals surface area contributed by atoms with E-state index in [4.69, 9.17) is 10.5 Å². The normalized spacial score (nSPS) is 9.00. The van der Waals surface area contributed by atoms with Gasteiger partial charge in [0.1, 0.15) is 12.5 Å². The first-order valence-electron chi connectivity index (χ1n) is 2.66. The second-order valence-corrected chi connectivity index (χ2v) is 1.49. The molecule has 3 heteroatoms. The van der Waals surface area contributed by atoms with Gasteiger partial charge in [0.25, 0.3) is 0 Å². The van der Waals surface area contributed by atoms with E-state index in [0.29, 0.717) is 0 Å². The summed E-state index contributed by atoms with van der Waals surface area (Å²) in [6, 6.07) is 3.51. The molecule has 1 rings (SSSR count). The van der Waals surface area contributed by atoms with Gasteiger partial charge in [0.05, 0.1) is 0 Å². The van der Waals surface area contributed by atoms with E-state index in [-0.39, 0.29) is 6.73 Å². The highest BCUT2D eigenvalue weighted by Gasteiger charge is 1.84. The number of hydrogen-bond acceptors (Lipinski definition) is 3. The molecule has 0 spiro atoms. The average molecular weight is 124 g/mol. The SMILES string of the molecule is NCOc1ccncc1. The Bertz CT molecular complexity index is 164. The van der Waals surface area contributed by atoms with Crippen molar-refractivity contribution >= 4 is 0 Å². The first-order chi connectivity index (χ1) is 4.43. The number of pyridine rings is 1. The largest absolute Gasteiger partial charge is 0.478 e. The van der Waals surface area contributed by atoms with Crippen LogP contribution in [-0.4, -0.2) is 11.7 Å². The van der Waals surface area contributed by atoms with Crippen molar-refractivity contribution in [3.63, 3.8) is 0 Å². The Hall–Kier alpha value is -1.09. The van der Waals surface area contributed by atoms with Gasteiger partial charge in [-0.2, -0.15) is 0 Å². The summed E-state index contributed by atoms with van der Waals surface area (Å²) in [4.78, 5) is 3.81. The fraction of sp³-hybridized carbons (Fsp3) is 0.167. The zero-order chi connectivity index (χ0) is 6.53. The first kappa shape index (κ1) is 6.04. The standard InChI is InChI=1S/C6H8N2O/c7-5-9-6-1-3-8-4-2-6/h1-4H,5,7H2. The van der Waals surface area contributed by atoms with Gasteiger partial charge in [0.15, 0.2) is 0 Å². The third-order valence-electron chi connectivity index (χ3n) is 0.900. The number of ether oxygens (including phenoxy) is 1. The van der Waals surface area contributed by atoms with E-state index in [1.54, 1.807) is 24.5 Å². The molecule has 0 saturated carbocycles.